The van der Waals surface area contributed by atoms with Crippen molar-refractivity contribution in [3.63, 3.8) is 0 Å². The number of hydrogen-bond acceptors (Lipinski definition) is 3. The Hall–Kier alpha value is -2.55. The molecule has 3 nitrogen and oxygen atoms in total. The molecule has 0 saturated carbocycles. The average molecular weight is 265 g/mol. The van der Waals surface area contributed by atoms with Gasteiger partial charge in [0, 0.05) is 5.56 Å². The standard InChI is InChI=1S/C17H15NO2/c1-13-7-5-6-10-16(13)19-11-15-12-20-17(18-15)14-8-3-2-4-9-14/h2-10,12H,11H2,1H3. The number of rotatable bonds is 4. The van der Waals surface area contributed by atoms with Gasteiger partial charge in [-0.1, -0.05) is 36.4 Å². The zero-order valence-electron chi connectivity index (χ0n) is 11.2. The molecule has 2 aromatic carbocycles. The minimum absolute atomic E-state index is 0.404. The van der Waals surface area contributed by atoms with Crippen LogP contribution in [0.1, 0.15) is 11.3 Å². The third kappa shape index (κ3) is 2.72. The lowest BCUT2D eigenvalue weighted by atomic mass is 10.2. The lowest BCUT2D eigenvalue weighted by molar-refractivity contribution is 0.299. The van der Waals surface area contributed by atoms with E-state index in [1.165, 1.54) is 0 Å². The molecule has 3 aromatic rings. The summed E-state index contributed by atoms with van der Waals surface area (Å²) in [5.74, 6) is 1.49. The molecule has 0 radical (unpaired) electrons. The van der Waals surface area contributed by atoms with Crippen LogP contribution in [-0.4, -0.2) is 4.98 Å². The molecule has 3 rings (SSSR count). The molecule has 0 saturated heterocycles. The molecule has 0 unspecified atom stereocenters. The summed E-state index contributed by atoms with van der Waals surface area (Å²) >= 11 is 0. The lowest BCUT2D eigenvalue weighted by Crippen LogP contribution is -1.97. The van der Waals surface area contributed by atoms with Crippen LogP contribution in [-0.2, 0) is 6.61 Å². The van der Waals surface area contributed by atoms with Crippen molar-refractivity contribution in [1.29, 1.82) is 0 Å². The minimum atomic E-state index is 0.404. The van der Waals surface area contributed by atoms with E-state index in [1.54, 1.807) is 6.26 Å². The highest BCUT2D eigenvalue weighted by Gasteiger charge is 2.07. The summed E-state index contributed by atoms with van der Waals surface area (Å²) in [6.07, 6.45) is 1.64. The highest BCUT2D eigenvalue weighted by Crippen LogP contribution is 2.20. The number of para-hydroxylation sites is 1. The quantitative estimate of drug-likeness (QED) is 0.708. The maximum absolute atomic E-state index is 5.75. The van der Waals surface area contributed by atoms with Gasteiger partial charge in [-0.15, -0.1) is 0 Å². The van der Waals surface area contributed by atoms with Gasteiger partial charge in [-0.25, -0.2) is 4.98 Å². The first kappa shape index (κ1) is 12.5. The molecule has 0 N–H and O–H groups in total. The van der Waals surface area contributed by atoms with Crippen LogP contribution >= 0.6 is 0 Å². The van der Waals surface area contributed by atoms with E-state index in [-0.39, 0.29) is 0 Å². The molecule has 3 heteroatoms. The Labute approximate surface area is 117 Å². The molecule has 0 amide bonds. The first-order chi connectivity index (χ1) is 9.83. The van der Waals surface area contributed by atoms with Gasteiger partial charge in [0.15, 0.2) is 0 Å². The fourth-order valence-corrected chi connectivity index (χ4v) is 1.96. The summed E-state index contributed by atoms with van der Waals surface area (Å²) < 4.78 is 11.2. The van der Waals surface area contributed by atoms with E-state index in [0.29, 0.717) is 12.5 Å². The van der Waals surface area contributed by atoms with Crippen molar-refractivity contribution in [2.75, 3.05) is 0 Å². The predicted molar refractivity (Wildman–Crippen MR) is 77.5 cm³/mol. The molecule has 1 heterocycles. The van der Waals surface area contributed by atoms with Gasteiger partial charge in [-0.3, -0.25) is 0 Å². The zero-order chi connectivity index (χ0) is 13.8. The fourth-order valence-electron chi connectivity index (χ4n) is 1.96. The van der Waals surface area contributed by atoms with Crippen LogP contribution in [0.4, 0.5) is 0 Å². The normalized spacial score (nSPS) is 10.4. The molecular formula is C17H15NO2. The summed E-state index contributed by atoms with van der Waals surface area (Å²) in [6.45, 7) is 2.43. The Bertz CT molecular complexity index is 689. The SMILES string of the molecule is Cc1ccccc1OCc1coc(-c2ccccc2)n1. The van der Waals surface area contributed by atoms with Gasteiger partial charge in [-0.2, -0.15) is 0 Å². The molecule has 0 aliphatic carbocycles. The summed E-state index contributed by atoms with van der Waals surface area (Å²) in [7, 11) is 0. The second-order valence-electron chi connectivity index (χ2n) is 4.56. The average Bonchev–Trinajstić information content (AvgIpc) is 2.96. The maximum atomic E-state index is 5.75. The Morgan fingerprint density at radius 1 is 1.00 bits per heavy atom. The van der Waals surface area contributed by atoms with Crippen LogP contribution in [0.15, 0.2) is 65.3 Å². The number of benzene rings is 2. The van der Waals surface area contributed by atoms with E-state index >= 15 is 0 Å². The van der Waals surface area contributed by atoms with Crippen LogP contribution in [0.3, 0.4) is 0 Å². The van der Waals surface area contributed by atoms with Crippen LogP contribution in [0, 0.1) is 6.92 Å². The lowest BCUT2D eigenvalue weighted by Gasteiger charge is -2.06. The van der Waals surface area contributed by atoms with E-state index in [1.807, 2.05) is 61.5 Å². The van der Waals surface area contributed by atoms with E-state index in [2.05, 4.69) is 4.98 Å². The Morgan fingerprint density at radius 2 is 1.75 bits per heavy atom. The molecule has 0 spiro atoms. The molecule has 0 fully saturated rings. The Kier molecular flexibility index (Phi) is 3.50. The van der Waals surface area contributed by atoms with E-state index in [4.69, 9.17) is 9.15 Å². The predicted octanol–water partition coefficient (Wildman–Crippen LogP) is 4.23. The summed E-state index contributed by atoms with van der Waals surface area (Å²) in [5, 5.41) is 0. The van der Waals surface area contributed by atoms with Crippen molar-refractivity contribution in [1.82, 2.24) is 4.98 Å². The highest BCUT2D eigenvalue weighted by atomic mass is 16.5. The summed E-state index contributed by atoms with van der Waals surface area (Å²) in [4.78, 5) is 4.43. The third-order valence-electron chi connectivity index (χ3n) is 3.04. The van der Waals surface area contributed by atoms with Crippen molar-refractivity contribution < 1.29 is 9.15 Å². The van der Waals surface area contributed by atoms with Crippen LogP contribution < -0.4 is 4.74 Å². The maximum Gasteiger partial charge on any atom is 0.226 e. The molecule has 0 aliphatic rings. The smallest absolute Gasteiger partial charge is 0.226 e. The highest BCUT2D eigenvalue weighted by molar-refractivity contribution is 5.52. The van der Waals surface area contributed by atoms with E-state index in [0.717, 1.165) is 22.6 Å². The second kappa shape index (κ2) is 5.61. The Balaban J connectivity index is 1.71. The number of ether oxygens (including phenoxy) is 1. The molecule has 0 atom stereocenters. The van der Waals surface area contributed by atoms with Crippen LogP contribution in [0.2, 0.25) is 0 Å². The minimum Gasteiger partial charge on any atom is -0.487 e. The third-order valence-corrected chi connectivity index (χ3v) is 3.04. The fraction of sp³-hybridized carbons (Fsp3) is 0.118. The first-order valence-corrected chi connectivity index (χ1v) is 6.51. The number of aryl methyl sites for hydroxylation is 1. The van der Waals surface area contributed by atoms with Gasteiger partial charge in [0.1, 0.15) is 24.3 Å². The molecule has 1 aromatic heterocycles. The molecule has 0 aliphatic heterocycles. The van der Waals surface area contributed by atoms with Crippen molar-refractivity contribution in [3.8, 4) is 17.2 Å². The topological polar surface area (TPSA) is 35.3 Å². The van der Waals surface area contributed by atoms with Crippen LogP contribution in [0.25, 0.3) is 11.5 Å². The molecule has 20 heavy (non-hydrogen) atoms. The van der Waals surface area contributed by atoms with Crippen molar-refractivity contribution in [2.45, 2.75) is 13.5 Å². The van der Waals surface area contributed by atoms with Gasteiger partial charge in [0.2, 0.25) is 5.89 Å². The molecular weight excluding hydrogens is 250 g/mol. The van der Waals surface area contributed by atoms with Gasteiger partial charge in [-0.05, 0) is 30.7 Å². The monoisotopic (exact) mass is 265 g/mol. The van der Waals surface area contributed by atoms with Crippen molar-refractivity contribution >= 4 is 0 Å². The van der Waals surface area contributed by atoms with E-state index in [9.17, 15) is 0 Å². The van der Waals surface area contributed by atoms with Crippen molar-refractivity contribution in [2.24, 2.45) is 0 Å². The number of nitrogens with zero attached hydrogens (tertiary/aromatic N) is 1. The zero-order valence-corrected chi connectivity index (χ0v) is 11.2. The van der Waals surface area contributed by atoms with Gasteiger partial charge < -0.3 is 9.15 Å². The van der Waals surface area contributed by atoms with Gasteiger partial charge >= 0.3 is 0 Å². The molecule has 0 bridgehead atoms. The number of oxazole rings is 1. The van der Waals surface area contributed by atoms with E-state index < -0.39 is 0 Å². The molecule has 100 valence electrons. The summed E-state index contributed by atoms with van der Waals surface area (Å²) in [6, 6.07) is 17.8. The first-order valence-electron chi connectivity index (χ1n) is 6.51. The van der Waals surface area contributed by atoms with Crippen molar-refractivity contribution in [3.05, 3.63) is 72.1 Å². The van der Waals surface area contributed by atoms with Gasteiger partial charge in [0.25, 0.3) is 0 Å². The summed E-state index contributed by atoms with van der Waals surface area (Å²) in [5.41, 5.74) is 2.86. The Morgan fingerprint density at radius 3 is 2.55 bits per heavy atom. The van der Waals surface area contributed by atoms with Gasteiger partial charge in [0.05, 0.1) is 0 Å². The van der Waals surface area contributed by atoms with Crippen LogP contribution in [0.5, 0.6) is 5.75 Å². The second-order valence-corrected chi connectivity index (χ2v) is 4.56. The largest absolute Gasteiger partial charge is 0.487 e. The number of aromatic nitrogens is 1. The number of hydrogen-bond donors (Lipinski definition) is 0.